The molecule has 4 heteroatoms. The Morgan fingerprint density at radius 3 is 2.56 bits per heavy atom. The molecule has 16 heavy (non-hydrogen) atoms. The quantitative estimate of drug-likeness (QED) is 0.579. The summed E-state index contributed by atoms with van der Waals surface area (Å²) in [4.78, 5) is 10.4. The first-order chi connectivity index (χ1) is 7.56. The van der Waals surface area contributed by atoms with Gasteiger partial charge >= 0.3 is 0 Å². The zero-order valence-electron chi connectivity index (χ0n) is 9.47. The molecule has 1 aliphatic rings. The summed E-state index contributed by atoms with van der Waals surface area (Å²) in [6.45, 7) is 4.03. The molecule has 0 N–H and O–H groups in total. The van der Waals surface area contributed by atoms with Gasteiger partial charge in [0.05, 0.1) is 17.1 Å². The molecule has 1 aliphatic carbocycles. The molecule has 0 aromatic heterocycles. The highest BCUT2D eigenvalue weighted by Crippen LogP contribution is 2.32. The predicted molar refractivity (Wildman–Crippen MR) is 60.8 cm³/mol. The van der Waals surface area contributed by atoms with Gasteiger partial charge in [-0.25, -0.2) is 0 Å². The average Bonchev–Trinajstić information content (AvgIpc) is 3.01. The molecule has 0 unspecified atom stereocenters. The largest absolute Gasteiger partial charge is 0.490 e. The van der Waals surface area contributed by atoms with Crippen LogP contribution in [0, 0.1) is 10.1 Å². The smallest absolute Gasteiger partial charge is 0.273 e. The van der Waals surface area contributed by atoms with Crippen molar-refractivity contribution in [3.63, 3.8) is 0 Å². The summed E-state index contributed by atoms with van der Waals surface area (Å²) in [7, 11) is 0. The van der Waals surface area contributed by atoms with Crippen LogP contribution in [-0.2, 0) is 0 Å². The fourth-order valence-corrected chi connectivity index (χ4v) is 1.49. The van der Waals surface area contributed by atoms with Crippen LogP contribution in [0.15, 0.2) is 18.2 Å². The summed E-state index contributed by atoms with van der Waals surface area (Å²) in [5, 5.41) is 10.8. The zero-order chi connectivity index (χ0) is 11.7. The number of non-ortho nitro benzene ring substituents is 1. The van der Waals surface area contributed by atoms with Crippen molar-refractivity contribution in [1.29, 1.82) is 0 Å². The van der Waals surface area contributed by atoms with Crippen molar-refractivity contribution >= 4 is 5.69 Å². The van der Waals surface area contributed by atoms with E-state index in [2.05, 4.69) is 0 Å². The Labute approximate surface area is 94.4 Å². The van der Waals surface area contributed by atoms with Crippen LogP contribution in [0.1, 0.15) is 38.2 Å². The molecular formula is C12H15NO3. The normalized spacial score (nSPS) is 15.2. The lowest BCUT2D eigenvalue weighted by Gasteiger charge is -2.09. The second-order valence-electron chi connectivity index (χ2n) is 4.49. The zero-order valence-corrected chi connectivity index (χ0v) is 9.47. The second-order valence-corrected chi connectivity index (χ2v) is 4.49. The van der Waals surface area contributed by atoms with Crippen LogP contribution in [0.2, 0.25) is 0 Å². The van der Waals surface area contributed by atoms with E-state index in [-0.39, 0.29) is 22.6 Å². The second kappa shape index (κ2) is 4.12. The molecule has 0 heterocycles. The van der Waals surface area contributed by atoms with Gasteiger partial charge in [0.25, 0.3) is 5.69 Å². The minimum atomic E-state index is -0.369. The third-order valence-corrected chi connectivity index (χ3v) is 2.62. The van der Waals surface area contributed by atoms with E-state index in [1.807, 2.05) is 19.9 Å². The lowest BCUT2D eigenvalue weighted by Crippen LogP contribution is -1.99. The highest BCUT2D eigenvalue weighted by atomic mass is 16.6. The number of hydrogen-bond acceptors (Lipinski definition) is 3. The molecule has 0 spiro atoms. The number of nitro benzene ring substituents is 1. The van der Waals surface area contributed by atoms with Crippen molar-refractivity contribution in [3.05, 3.63) is 33.9 Å². The maximum atomic E-state index is 10.8. The van der Waals surface area contributed by atoms with Gasteiger partial charge in [-0.3, -0.25) is 10.1 Å². The van der Waals surface area contributed by atoms with E-state index in [0.717, 1.165) is 18.4 Å². The molecule has 1 aromatic rings. The van der Waals surface area contributed by atoms with Gasteiger partial charge in [0, 0.05) is 6.07 Å². The van der Waals surface area contributed by atoms with Crippen molar-refractivity contribution in [2.75, 3.05) is 0 Å². The third-order valence-electron chi connectivity index (χ3n) is 2.62. The minimum absolute atomic E-state index is 0.113. The monoisotopic (exact) mass is 221 g/mol. The molecule has 0 radical (unpaired) electrons. The van der Waals surface area contributed by atoms with E-state index in [9.17, 15) is 10.1 Å². The number of rotatable bonds is 4. The molecule has 0 aliphatic heterocycles. The fourth-order valence-electron chi connectivity index (χ4n) is 1.49. The molecule has 0 bridgehead atoms. The van der Waals surface area contributed by atoms with E-state index in [1.165, 1.54) is 6.07 Å². The molecule has 2 rings (SSSR count). The third kappa shape index (κ3) is 2.51. The van der Waals surface area contributed by atoms with Gasteiger partial charge in [-0.2, -0.15) is 0 Å². The summed E-state index contributed by atoms with van der Waals surface area (Å²) in [5.41, 5.74) is 1.06. The maximum Gasteiger partial charge on any atom is 0.273 e. The molecule has 0 amide bonds. The first kappa shape index (κ1) is 10.9. The molecule has 1 fully saturated rings. The van der Waals surface area contributed by atoms with Gasteiger partial charge in [0.2, 0.25) is 0 Å². The van der Waals surface area contributed by atoms with Crippen molar-refractivity contribution < 1.29 is 9.66 Å². The van der Waals surface area contributed by atoms with Crippen LogP contribution in [0.4, 0.5) is 5.69 Å². The predicted octanol–water partition coefficient (Wildman–Crippen LogP) is 3.26. The van der Waals surface area contributed by atoms with Crippen molar-refractivity contribution in [3.8, 4) is 5.75 Å². The van der Waals surface area contributed by atoms with Gasteiger partial charge in [-0.1, -0.05) is 13.8 Å². The summed E-state index contributed by atoms with van der Waals surface area (Å²) in [6.07, 6.45) is 2.38. The lowest BCUT2D eigenvalue weighted by atomic mass is 10.0. The van der Waals surface area contributed by atoms with Crippen LogP contribution in [0.3, 0.4) is 0 Å². The minimum Gasteiger partial charge on any atom is -0.490 e. The summed E-state index contributed by atoms with van der Waals surface area (Å²) >= 11 is 0. The van der Waals surface area contributed by atoms with Crippen LogP contribution >= 0.6 is 0 Å². The Balaban J connectivity index is 2.31. The fraction of sp³-hybridized carbons (Fsp3) is 0.500. The van der Waals surface area contributed by atoms with E-state index in [1.54, 1.807) is 6.07 Å². The number of nitro groups is 1. The standard InChI is InChI=1S/C12H15NO3/c1-8(2)9-5-10(13(14)15)7-12(6-9)16-11-3-4-11/h5-8,11H,3-4H2,1-2H3. The Bertz CT molecular complexity index is 411. The van der Waals surface area contributed by atoms with E-state index < -0.39 is 0 Å². The molecule has 0 atom stereocenters. The van der Waals surface area contributed by atoms with Gasteiger partial charge in [-0.05, 0) is 30.4 Å². The molecule has 1 aromatic carbocycles. The number of benzene rings is 1. The van der Waals surface area contributed by atoms with Gasteiger partial charge < -0.3 is 4.74 Å². The van der Waals surface area contributed by atoms with Crippen LogP contribution in [0.25, 0.3) is 0 Å². The maximum absolute atomic E-state index is 10.8. The summed E-state index contributed by atoms with van der Waals surface area (Å²) in [5.74, 6) is 0.891. The SMILES string of the molecule is CC(C)c1cc(OC2CC2)cc([N+](=O)[O-])c1. The van der Waals surface area contributed by atoms with Crippen molar-refractivity contribution in [1.82, 2.24) is 0 Å². The Hall–Kier alpha value is -1.58. The van der Waals surface area contributed by atoms with Crippen molar-refractivity contribution in [2.24, 2.45) is 0 Å². The Morgan fingerprint density at radius 1 is 1.38 bits per heavy atom. The summed E-state index contributed by atoms with van der Waals surface area (Å²) in [6, 6.07) is 5.02. The first-order valence-corrected chi connectivity index (χ1v) is 5.52. The average molecular weight is 221 g/mol. The van der Waals surface area contributed by atoms with Gasteiger partial charge in [0.15, 0.2) is 0 Å². The first-order valence-electron chi connectivity index (χ1n) is 5.52. The van der Waals surface area contributed by atoms with E-state index in [4.69, 9.17) is 4.74 Å². The molecule has 0 saturated heterocycles. The molecule has 4 nitrogen and oxygen atoms in total. The Morgan fingerprint density at radius 2 is 2.06 bits per heavy atom. The number of nitrogens with zero attached hydrogens (tertiary/aromatic N) is 1. The highest BCUT2D eigenvalue weighted by Gasteiger charge is 2.24. The lowest BCUT2D eigenvalue weighted by molar-refractivity contribution is -0.385. The molecule has 1 saturated carbocycles. The van der Waals surface area contributed by atoms with Crippen molar-refractivity contribution in [2.45, 2.75) is 38.7 Å². The number of hydrogen-bond donors (Lipinski definition) is 0. The highest BCUT2D eigenvalue weighted by molar-refractivity contribution is 5.44. The van der Waals surface area contributed by atoms with Crippen LogP contribution < -0.4 is 4.74 Å². The summed E-state index contributed by atoms with van der Waals surface area (Å²) < 4.78 is 5.60. The molecule has 86 valence electrons. The molecular weight excluding hydrogens is 206 g/mol. The Kier molecular flexibility index (Phi) is 2.81. The van der Waals surface area contributed by atoms with Crippen LogP contribution in [0.5, 0.6) is 5.75 Å². The van der Waals surface area contributed by atoms with Gasteiger partial charge in [0.1, 0.15) is 5.75 Å². The van der Waals surface area contributed by atoms with Gasteiger partial charge in [-0.15, -0.1) is 0 Å². The van der Waals surface area contributed by atoms with E-state index >= 15 is 0 Å². The topological polar surface area (TPSA) is 52.4 Å². The number of ether oxygens (including phenoxy) is 1. The van der Waals surface area contributed by atoms with E-state index in [0.29, 0.717) is 5.75 Å². The van der Waals surface area contributed by atoms with Crippen LogP contribution in [-0.4, -0.2) is 11.0 Å².